The first-order valence-corrected chi connectivity index (χ1v) is 9.91. The predicted octanol–water partition coefficient (Wildman–Crippen LogP) is 3.26. The van der Waals surface area contributed by atoms with Crippen LogP contribution >= 0.6 is 23.2 Å². The van der Waals surface area contributed by atoms with E-state index in [-0.39, 0.29) is 40.4 Å². The average Bonchev–Trinajstić information content (AvgIpc) is 2.76. The van der Waals surface area contributed by atoms with Crippen molar-refractivity contribution in [1.82, 2.24) is 10.9 Å². The van der Waals surface area contributed by atoms with E-state index in [1.807, 2.05) is 0 Å². The van der Waals surface area contributed by atoms with E-state index in [0.717, 1.165) is 6.07 Å². The third kappa shape index (κ3) is 7.33. The van der Waals surface area contributed by atoms with E-state index < -0.39 is 40.8 Å². The highest BCUT2D eigenvalue weighted by Gasteiger charge is 2.17. The maximum Gasteiger partial charge on any atom is 0.306 e. The molecule has 0 spiro atoms. The first-order chi connectivity index (χ1) is 15.2. The fourth-order valence-corrected chi connectivity index (χ4v) is 2.83. The molecule has 32 heavy (non-hydrogen) atoms. The van der Waals surface area contributed by atoms with Gasteiger partial charge in [-0.25, -0.2) is 0 Å². The Morgan fingerprint density at radius 2 is 1.69 bits per heavy atom. The maximum absolute atomic E-state index is 12.1. The standard InChI is InChI=1S/C20H17Cl2N3O7/c21-14-5-2-1-4-13(14)20(29)24-23-18(27)6-3-7-19(28)32-11-17(26)12-8-9-15(22)16(10-12)25(30)31/h1-2,4-5,8-10H,3,6-7,11H2,(H,23,27)(H,24,29). The molecule has 0 aliphatic heterocycles. The first-order valence-electron chi connectivity index (χ1n) is 9.15. The zero-order chi connectivity index (χ0) is 23.7. The topological polar surface area (TPSA) is 145 Å². The lowest BCUT2D eigenvalue weighted by Crippen LogP contribution is -2.41. The minimum atomic E-state index is -0.729. The summed E-state index contributed by atoms with van der Waals surface area (Å²) in [5.74, 6) is -2.50. The molecule has 0 heterocycles. The molecule has 0 saturated heterocycles. The zero-order valence-corrected chi connectivity index (χ0v) is 17.9. The molecule has 12 heteroatoms. The van der Waals surface area contributed by atoms with Gasteiger partial charge in [-0.1, -0.05) is 35.3 Å². The summed E-state index contributed by atoms with van der Waals surface area (Å²) < 4.78 is 4.83. The molecule has 2 rings (SSSR count). The van der Waals surface area contributed by atoms with Crippen LogP contribution in [0.1, 0.15) is 40.0 Å². The van der Waals surface area contributed by atoms with E-state index in [4.69, 9.17) is 27.9 Å². The van der Waals surface area contributed by atoms with Crippen LogP contribution < -0.4 is 10.9 Å². The maximum atomic E-state index is 12.1. The number of hydrogen-bond donors (Lipinski definition) is 2. The highest BCUT2D eigenvalue weighted by atomic mass is 35.5. The summed E-state index contributed by atoms with van der Waals surface area (Å²) in [4.78, 5) is 57.7. The molecule has 2 aromatic rings. The number of ketones is 1. The summed E-state index contributed by atoms with van der Waals surface area (Å²) in [5, 5.41) is 11.0. The highest BCUT2D eigenvalue weighted by molar-refractivity contribution is 6.34. The number of nitrogens with zero attached hydrogens (tertiary/aromatic N) is 1. The second kappa shape index (κ2) is 11.8. The van der Waals surface area contributed by atoms with Crippen LogP contribution in [0.15, 0.2) is 42.5 Å². The van der Waals surface area contributed by atoms with Crippen LogP contribution in [0.2, 0.25) is 10.0 Å². The Labute approximate surface area is 191 Å². The Bertz CT molecular complexity index is 1060. The fourth-order valence-electron chi connectivity index (χ4n) is 2.42. The Kier molecular flexibility index (Phi) is 9.11. The van der Waals surface area contributed by atoms with Gasteiger partial charge in [0, 0.05) is 24.5 Å². The lowest BCUT2D eigenvalue weighted by molar-refractivity contribution is -0.384. The fraction of sp³-hybridized carbons (Fsp3) is 0.200. The Morgan fingerprint density at radius 1 is 0.969 bits per heavy atom. The van der Waals surface area contributed by atoms with Gasteiger partial charge in [-0.2, -0.15) is 0 Å². The minimum Gasteiger partial charge on any atom is -0.457 e. The summed E-state index contributed by atoms with van der Waals surface area (Å²) in [6.45, 7) is -0.613. The summed E-state index contributed by atoms with van der Waals surface area (Å²) in [6, 6.07) is 9.79. The van der Waals surface area contributed by atoms with Crippen LogP contribution in [-0.4, -0.2) is 35.1 Å². The van der Waals surface area contributed by atoms with Crippen molar-refractivity contribution in [2.45, 2.75) is 19.3 Å². The lowest BCUT2D eigenvalue weighted by atomic mass is 10.1. The number of esters is 1. The molecule has 0 saturated carbocycles. The second-order valence-electron chi connectivity index (χ2n) is 6.34. The van der Waals surface area contributed by atoms with Crippen molar-refractivity contribution in [2.75, 3.05) is 6.61 Å². The number of hydrazine groups is 1. The molecule has 0 aliphatic carbocycles. The lowest BCUT2D eigenvalue weighted by Gasteiger charge is -2.08. The molecule has 0 fully saturated rings. The van der Waals surface area contributed by atoms with E-state index in [1.165, 1.54) is 24.3 Å². The van der Waals surface area contributed by atoms with Crippen molar-refractivity contribution in [1.29, 1.82) is 0 Å². The number of rotatable bonds is 9. The molecular formula is C20H17Cl2N3O7. The van der Waals surface area contributed by atoms with Crippen molar-refractivity contribution in [3.05, 3.63) is 73.8 Å². The summed E-state index contributed by atoms with van der Waals surface area (Å²) >= 11 is 11.6. The van der Waals surface area contributed by atoms with Gasteiger partial charge in [0.15, 0.2) is 6.61 Å². The number of Topliss-reactive ketones (excluding diaryl/α,β-unsaturated/α-hetero) is 1. The average molecular weight is 482 g/mol. The molecule has 2 aromatic carbocycles. The van der Waals surface area contributed by atoms with Gasteiger partial charge in [0.25, 0.3) is 11.6 Å². The number of nitro benzene ring substituents is 1. The number of amides is 2. The van der Waals surface area contributed by atoms with Gasteiger partial charge < -0.3 is 4.74 Å². The van der Waals surface area contributed by atoms with E-state index in [1.54, 1.807) is 12.1 Å². The number of hydrogen-bond acceptors (Lipinski definition) is 7. The van der Waals surface area contributed by atoms with Crippen LogP contribution in [-0.2, 0) is 14.3 Å². The van der Waals surface area contributed by atoms with Crippen molar-refractivity contribution < 1.29 is 28.8 Å². The number of carbonyl (C=O) groups is 4. The van der Waals surface area contributed by atoms with Gasteiger partial charge in [-0.15, -0.1) is 0 Å². The summed E-state index contributed by atoms with van der Waals surface area (Å²) in [6.07, 6.45) is -0.137. The number of benzene rings is 2. The molecule has 2 amide bonds. The smallest absolute Gasteiger partial charge is 0.306 e. The Morgan fingerprint density at radius 3 is 2.38 bits per heavy atom. The van der Waals surface area contributed by atoms with Gasteiger partial charge in [0.05, 0.1) is 15.5 Å². The zero-order valence-electron chi connectivity index (χ0n) is 16.4. The number of nitrogens with one attached hydrogen (secondary N) is 2. The highest BCUT2D eigenvalue weighted by Crippen LogP contribution is 2.25. The largest absolute Gasteiger partial charge is 0.457 e. The van der Waals surface area contributed by atoms with Crippen molar-refractivity contribution in [3.8, 4) is 0 Å². The molecule has 168 valence electrons. The molecule has 2 N–H and O–H groups in total. The first kappa shape index (κ1) is 24.8. The second-order valence-corrected chi connectivity index (χ2v) is 7.16. The van der Waals surface area contributed by atoms with Crippen molar-refractivity contribution in [3.63, 3.8) is 0 Å². The summed E-state index contributed by atoms with van der Waals surface area (Å²) in [7, 11) is 0. The van der Waals surface area contributed by atoms with Crippen LogP contribution in [0.5, 0.6) is 0 Å². The van der Waals surface area contributed by atoms with Gasteiger partial charge in [0.1, 0.15) is 5.02 Å². The van der Waals surface area contributed by atoms with Crippen LogP contribution in [0.3, 0.4) is 0 Å². The normalized spacial score (nSPS) is 10.2. The molecule has 0 atom stereocenters. The van der Waals surface area contributed by atoms with Gasteiger partial charge in [-0.3, -0.25) is 40.1 Å². The monoisotopic (exact) mass is 481 g/mol. The summed E-state index contributed by atoms with van der Waals surface area (Å²) in [5.41, 5.74) is 4.14. The molecular weight excluding hydrogens is 465 g/mol. The number of nitro groups is 1. The van der Waals surface area contributed by atoms with Gasteiger partial charge in [-0.05, 0) is 30.7 Å². The molecule has 0 aliphatic rings. The van der Waals surface area contributed by atoms with Crippen molar-refractivity contribution >= 4 is 52.5 Å². The third-order valence-corrected chi connectivity index (χ3v) is 4.70. The molecule has 0 bridgehead atoms. The minimum absolute atomic E-state index is 0.0254. The molecule has 10 nitrogen and oxygen atoms in total. The quantitative estimate of drug-likeness (QED) is 0.242. The number of halogens is 2. The van der Waals surface area contributed by atoms with E-state index >= 15 is 0 Å². The Balaban J connectivity index is 1.70. The Hall–Kier alpha value is -3.50. The van der Waals surface area contributed by atoms with Gasteiger partial charge >= 0.3 is 5.97 Å². The van der Waals surface area contributed by atoms with E-state index in [2.05, 4.69) is 10.9 Å². The van der Waals surface area contributed by atoms with E-state index in [9.17, 15) is 29.3 Å². The van der Waals surface area contributed by atoms with Crippen LogP contribution in [0.25, 0.3) is 0 Å². The predicted molar refractivity (Wildman–Crippen MR) is 114 cm³/mol. The number of carbonyl (C=O) groups excluding carboxylic acids is 4. The van der Waals surface area contributed by atoms with Crippen LogP contribution in [0, 0.1) is 10.1 Å². The van der Waals surface area contributed by atoms with Gasteiger partial charge in [0.2, 0.25) is 11.7 Å². The third-order valence-electron chi connectivity index (χ3n) is 4.05. The molecule has 0 aromatic heterocycles. The number of ether oxygens (including phenoxy) is 1. The van der Waals surface area contributed by atoms with Crippen LogP contribution in [0.4, 0.5) is 5.69 Å². The molecule has 0 unspecified atom stereocenters. The van der Waals surface area contributed by atoms with Crippen molar-refractivity contribution in [2.24, 2.45) is 0 Å². The molecule has 0 radical (unpaired) electrons. The SMILES string of the molecule is O=C(CCCC(=O)OCC(=O)c1ccc(Cl)c([N+](=O)[O-])c1)NNC(=O)c1ccccc1Cl. The van der Waals surface area contributed by atoms with E-state index in [0.29, 0.717) is 0 Å².